The molecular weight excluding hydrogens is 380 g/mol. The molecule has 28 heavy (non-hydrogen) atoms. The standard InChI is InChI=1S/C20H18N2O5S/c1-12-9-14-10-13(7-8-17(14)22(12)28(2,26)27)18(23)11-21-19(24)15-5-3-4-6-16(15)20(21)25/h3-8,10,12H,9,11H2,1-2H3/t12-/m0/s1. The lowest BCUT2D eigenvalue weighted by atomic mass is 10.0. The molecule has 7 nitrogen and oxygen atoms in total. The number of benzene rings is 2. The fourth-order valence-corrected chi connectivity index (χ4v) is 5.16. The Labute approximate surface area is 162 Å². The van der Waals surface area contributed by atoms with Crippen LogP contribution in [0.3, 0.4) is 0 Å². The van der Waals surface area contributed by atoms with E-state index < -0.39 is 21.8 Å². The highest BCUT2D eigenvalue weighted by atomic mass is 32.2. The van der Waals surface area contributed by atoms with Crippen LogP contribution in [-0.2, 0) is 16.4 Å². The summed E-state index contributed by atoms with van der Waals surface area (Å²) in [5, 5.41) is 0. The normalized spacial score (nSPS) is 18.4. The average molecular weight is 398 g/mol. The van der Waals surface area contributed by atoms with Crippen LogP contribution in [0.4, 0.5) is 5.69 Å². The highest BCUT2D eigenvalue weighted by molar-refractivity contribution is 7.92. The van der Waals surface area contributed by atoms with E-state index in [-0.39, 0.29) is 18.4 Å². The maximum Gasteiger partial charge on any atom is 0.261 e. The van der Waals surface area contributed by atoms with E-state index >= 15 is 0 Å². The van der Waals surface area contributed by atoms with E-state index in [1.54, 1.807) is 43.3 Å². The minimum Gasteiger partial charge on any atom is -0.292 e. The lowest BCUT2D eigenvalue weighted by Crippen LogP contribution is -2.35. The Bertz CT molecular complexity index is 1100. The number of carbonyl (C=O) groups excluding carboxylic acids is 3. The second-order valence-electron chi connectivity index (χ2n) is 7.12. The van der Waals surface area contributed by atoms with Crippen LogP contribution < -0.4 is 4.31 Å². The molecule has 2 amide bonds. The van der Waals surface area contributed by atoms with Crippen molar-refractivity contribution in [3.05, 3.63) is 64.7 Å². The Morgan fingerprint density at radius 1 is 1.07 bits per heavy atom. The van der Waals surface area contributed by atoms with Gasteiger partial charge in [0.2, 0.25) is 10.0 Å². The summed E-state index contributed by atoms with van der Waals surface area (Å²) in [6.45, 7) is 1.46. The zero-order valence-electron chi connectivity index (χ0n) is 15.4. The molecule has 1 atom stereocenters. The lowest BCUT2D eigenvalue weighted by molar-refractivity contribution is 0.0624. The van der Waals surface area contributed by atoms with Crippen LogP contribution in [0.5, 0.6) is 0 Å². The molecule has 0 saturated heterocycles. The van der Waals surface area contributed by atoms with Crippen LogP contribution in [0.15, 0.2) is 42.5 Å². The average Bonchev–Trinajstić information content (AvgIpc) is 3.10. The van der Waals surface area contributed by atoms with E-state index in [9.17, 15) is 22.8 Å². The summed E-state index contributed by atoms with van der Waals surface area (Å²) >= 11 is 0. The second kappa shape index (κ2) is 6.27. The number of hydrogen-bond donors (Lipinski definition) is 0. The molecule has 2 aliphatic rings. The molecule has 0 aromatic heterocycles. The van der Waals surface area contributed by atoms with Crippen molar-refractivity contribution in [1.29, 1.82) is 0 Å². The minimum atomic E-state index is -3.41. The highest BCUT2D eigenvalue weighted by Crippen LogP contribution is 2.35. The van der Waals surface area contributed by atoms with Gasteiger partial charge in [0.15, 0.2) is 5.78 Å². The van der Waals surface area contributed by atoms with Gasteiger partial charge in [-0.2, -0.15) is 0 Å². The first kappa shape index (κ1) is 18.4. The van der Waals surface area contributed by atoms with Gasteiger partial charge in [-0.05, 0) is 49.2 Å². The Kier molecular flexibility index (Phi) is 4.11. The number of amides is 2. The monoisotopic (exact) mass is 398 g/mol. The molecule has 2 aromatic rings. The fraction of sp³-hybridized carbons (Fsp3) is 0.250. The first-order valence-electron chi connectivity index (χ1n) is 8.79. The number of rotatable bonds is 4. The van der Waals surface area contributed by atoms with Crippen LogP contribution >= 0.6 is 0 Å². The molecule has 0 aliphatic carbocycles. The predicted molar refractivity (Wildman–Crippen MR) is 103 cm³/mol. The van der Waals surface area contributed by atoms with E-state index in [1.165, 1.54) is 10.4 Å². The van der Waals surface area contributed by atoms with Crippen molar-refractivity contribution < 1.29 is 22.8 Å². The number of nitrogens with zero attached hydrogens (tertiary/aromatic N) is 2. The number of fused-ring (bicyclic) bond motifs is 2. The van der Waals surface area contributed by atoms with Crippen molar-refractivity contribution in [3.8, 4) is 0 Å². The molecule has 0 unspecified atom stereocenters. The Morgan fingerprint density at radius 2 is 1.68 bits per heavy atom. The van der Waals surface area contributed by atoms with Crippen molar-refractivity contribution in [2.45, 2.75) is 19.4 Å². The Morgan fingerprint density at radius 3 is 2.25 bits per heavy atom. The van der Waals surface area contributed by atoms with Gasteiger partial charge in [0.1, 0.15) is 0 Å². The SMILES string of the molecule is C[C@H]1Cc2cc(C(=O)CN3C(=O)c4ccccc4C3=O)ccc2N1S(C)(=O)=O. The number of imide groups is 1. The number of ketones is 1. The number of hydrogen-bond acceptors (Lipinski definition) is 5. The fourth-order valence-electron chi connectivity index (χ4n) is 3.90. The van der Waals surface area contributed by atoms with E-state index in [2.05, 4.69) is 0 Å². The maximum atomic E-state index is 12.7. The van der Waals surface area contributed by atoms with E-state index in [0.717, 1.165) is 16.7 Å². The first-order chi connectivity index (χ1) is 13.2. The molecule has 2 aromatic carbocycles. The molecule has 0 saturated carbocycles. The summed E-state index contributed by atoms with van der Waals surface area (Å²) in [4.78, 5) is 38.5. The van der Waals surface area contributed by atoms with Crippen molar-refractivity contribution >= 4 is 33.3 Å². The zero-order valence-corrected chi connectivity index (χ0v) is 16.2. The smallest absolute Gasteiger partial charge is 0.261 e. The molecule has 0 fully saturated rings. The summed E-state index contributed by atoms with van der Waals surface area (Å²) < 4.78 is 25.4. The topological polar surface area (TPSA) is 91.8 Å². The summed E-state index contributed by atoms with van der Waals surface area (Å²) in [7, 11) is -3.41. The van der Waals surface area contributed by atoms with Crippen LogP contribution in [0.1, 0.15) is 43.6 Å². The number of Topliss-reactive ketones (excluding diaryl/α,β-unsaturated/α-hetero) is 1. The molecule has 0 N–H and O–H groups in total. The molecule has 0 radical (unpaired) electrons. The quantitative estimate of drug-likeness (QED) is 0.579. The maximum absolute atomic E-state index is 12.7. The molecule has 0 bridgehead atoms. The van der Waals surface area contributed by atoms with Gasteiger partial charge in [0, 0.05) is 11.6 Å². The summed E-state index contributed by atoms with van der Waals surface area (Å²) in [6, 6.07) is 11.0. The van der Waals surface area contributed by atoms with Gasteiger partial charge in [0.05, 0.1) is 29.6 Å². The molecule has 2 heterocycles. The van der Waals surface area contributed by atoms with Gasteiger partial charge in [-0.15, -0.1) is 0 Å². The Balaban J connectivity index is 1.59. The first-order valence-corrected chi connectivity index (χ1v) is 10.6. The largest absolute Gasteiger partial charge is 0.292 e. The Hall–Kier alpha value is -3.00. The van der Waals surface area contributed by atoms with Crippen molar-refractivity contribution in [3.63, 3.8) is 0 Å². The summed E-state index contributed by atoms with van der Waals surface area (Å²) in [5.41, 5.74) is 2.26. The van der Waals surface area contributed by atoms with Crippen LogP contribution in [-0.4, -0.2) is 49.8 Å². The summed E-state index contributed by atoms with van der Waals surface area (Å²) in [6.07, 6.45) is 1.65. The molecule has 144 valence electrons. The van der Waals surface area contributed by atoms with Crippen molar-refractivity contribution in [2.75, 3.05) is 17.1 Å². The van der Waals surface area contributed by atoms with E-state index in [0.29, 0.717) is 28.8 Å². The third-order valence-electron chi connectivity index (χ3n) is 5.09. The second-order valence-corrected chi connectivity index (χ2v) is 8.98. The van der Waals surface area contributed by atoms with Gasteiger partial charge < -0.3 is 0 Å². The van der Waals surface area contributed by atoms with Crippen LogP contribution in [0, 0.1) is 0 Å². The number of sulfonamides is 1. The van der Waals surface area contributed by atoms with E-state index in [1.807, 2.05) is 0 Å². The van der Waals surface area contributed by atoms with Gasteiger partial charge in [-0.3, -0.25) is 23.6 Å². The molecule has 2 aliphatic heterocycles. The predicted octanol–water partition coefficient (Wildman–Crippen LogP) is 1.88. The van der Waals surface area contributed by atoms with E-state index in [4.69, 9.17) is 0 Å². The van der Waals surface area contributed by atoms with Crippen LogP contribution in [0.25, 0.3) is 0 Å². The molecule has 0 spiro atoms. The third-order valence-corrected chi connectivity index (χ3v) is 6.36. The third kappa shape index (κ3) is 2.80. The van der Waals surface area contributed by atoms with Crippen molar-refractivity contribution in [1.82, 2.24) is 4.90 Å². The van der Waals surface area contributed by atoms with Gasteiger partial charge in [-0.25, -0.2) is 8.42 Å². The molecule has 8 heteroatoms. The van der Waals surface area contributed by atoms with Crippen molar-refractivity contribution in [2.24, 2.45) is 0 Å². The zero-order chi connectivity index (χ0) is 20.2. The number of carbonyl (C=O) groups is 3. The minimum absolute atomic E-state index is 0.230. The van der Waals surface area contributed by atoms with Gasteiger partial charge >= 0.3 is 0 Å². The van der Waals surface area contributed by atoms with Crippen LogP contribution in [0.2, 0.25) is 0 Å². The van der Waals surface area contributed by atoms with Gasteiger partial charge in [-0.1, -0.05) is 12.1 Å². The van der Waals surface area contributed by atoms with Gasteiger partial charge in [0.25, 0.3) is 11.8 Å². The number of anilines is 1. The molecular formula is C20H18N2O5S. The molecule has 4 rings (SSSR count). The summed E-state index contributed by atoms with van der Waals surface area (Å²) in [5.74, 6) is -1.33. The lowest BCUT2D eigenvalue weighted by Gasteiger charge is -2.22. The highest BCUT2D eigenvalue weighted by Gasteiger charge is 2.37.